The first-order valence-corrected chi connectivity index (χ1v) is 4.10. The van der Waals surface area contributed by atoms with Crippen molar-refractivity contribution < 1.29 is 23.1 Å². The van der Waals surface area contributed by atoms with Crippen molar-refractivity contribution in [1.82, 2.24) is 4.98 Å². The number of carboxylic acid groups (broad SMARTS) is 1. The summed E-state index contributed by atoms with van der Waals surface area (Å²) in [6.45, 7) is 0. The highest BCUT2D eigenvalue weighted by molar-refractivity contribution is 9.10. The highest BCUT2D eigenvalue weighted by Crippen LogP contribution is 2.27. The zero-order valence-corrected chi connectivity index (χ0v) is 8.06. The number of carbonyl (C=O) groups is 1. The van der Waals surface area contributed by atoms with Crippen LogP contribution in [0.4, 0.5) is 13.2 Å². The van der Waals surface area contributed by atoms with Gasteiger partial charge in [0.2, 0.25) is 0 Å². The molecule has 7 heteroatoms. The van der Waals surface area contributed by atoms with Gasteiger partial charge in [-0.2, -0.15) is 0 Å². The molecule has 0 unspecified atom stereocenters. The molecule has 0 spiro atoms. The minimum absolute atomic E-state index is 0.369. The minimum atomic E-state index is -2.91. The van der Waals surface area contributed by atoms with E-state index in [9.17, 15) is 18.0 Å². The number of alkyl halides is 2. The molecule has 1 heterocycles. The van der Waals surface area contributed by atoms with E-state index >= 15 is 0 Å². The molecule has 0 aromatic carbocycles. The summed E-state index contributed by atoms with van der Waals surface area (Å²) in [7, 11) is 0. The molecule has 0 saturated carbocycles. The van der Waals surface area contributed by atoms with Gasteiger partial charge >= 0.3 is 5.97 Å². The zero-order valence-electron chi connectivity index (χ0n) is 6.47. The van der Waals surface area contributed by atoms with Crippen molar-refractivity contribution in [3.63, 3.8) is 0 Å². The molecule has 0 saturated heterocycles. The first-order chi connectivity index (χ1) is 6.43. The quantitative estimate of drug-likeness (QED) is 0.840. The van der Waals surface area contributed by atoms with Crippen molar-refractivity contribution >= 4 is 21.9 Å². The van der Waals surface area contributed by atoms with Gasteiger partial charge in [-0.1, -0.05) is 0 Å². The summed E-state index contributed by atoms with van der Waals surface area (Å²) < 4.78 is 36.8. The highest BCUT2D eigenvalue weighted by Gasteiger charge is 2.20. The fourth-order valence-corrected chi connectivity index (χ4v) is 1.25. The molecule has 0 aliphatic heterocycles. The highest BCUT2D eigenvalue weighted by atomic mass is 79.9. The van der Waals surface area contributed by atoms with Gasteiger partial charge in [0.05, 0.1) is 5.56 Å². The van der Waals surface area contributed by atoms with E-state index in [2.05, 4.69) is 20.9 Å². The standard InChI is InChI=1S/C7H3BrF3NO2/c8-5-2(6(10)11)1-3(9)4(12-5)7(13)14/h1,6H,(H,13,14). The summed E-state index contributed by atoms with van der Waals surface area (Å²) in [6, 6.07) is 0.450. The molecule has 0 amide bonds. The maximum absolute atomic E-state index is 12.8. The summed E-state index contributed by atoms with van der Waals surface area (Å²) >= 11 is 2.63. The second kappa shape index (κ2) is 3.95. The molecule has 3 nitrogen and oxygen atoms in total. The van der Waals surface area contributed by atoms with E-state index in [-0.39, 0.29) is 4.60 Å². The number of aromatic carboxylic acids is 1. The number of hydrogen-bond donors (Lipinski definition) is 1. The second-order valence-corrected chi connectivity index (χ2v) is 3.06. The van der Waals surface area contributed by atoms with E-state index in [4.69, 9.17) is 5.11 Å². The second-order valence-electron chi connectivity index (χ2n) is 2.30. The average molecular weight is 270 g/mol. The lowest BCUT2D eigenvalue weighted by Crippen LogP contribution is -2.06. The average Bonchev–Trinajstić information content (AvgIpc) is 2.07. The van der Waals surface area contributed by atoms with Crippen LogP contribution in [0.1, 0.15) is 22.5 Å². The van der Waals surface area contributed by atoms with Crippen LogP contribution in [0.5, 0.6) is 0 Å². The van der Waals surface area contributed by atoms with Crippen LogP contribution in [0.2, 0.25) is 0 Å². The predicted octanol–water partition coefficient (Wildman–Crippen LogP) is 2.62. The van der Waals surface area contributed by atoms with Crippen molar-refractivity contribution in [3.05, 3.63) is 27.7 Å². The van der Waals surface area contributed by atoms with Crippen LogP contribution < -0.4 is 0 Å². The number of nitrogens with zero attached hydrogens (tertiary/aromatic N) is 1. The maximum atomic E-state index is 12.8. The Bertz CT molecular complexity index is 383. The molecule has 76 valence electrons. The van der Waals surface area contributed by atoms with Crippen LogP contribution in [-0.4, -0.2) is 16.1 Å². The Morgan fingerprint density at radius 2 is 2.14 bits per heavy atom. The lowest BCUT2D eigenvalue weighted by molar-refractivity contribution is 0.0683. The van der Waals surface area contributed by atoms with Crippen LogP contribution in [0.25, 0.3) is 0 Å². The molecule has 1 N–H and O–H groups in total. The van der Waals surface area contributed by atoms with Crippen LogP contribution in [-0.2, 0) is 0 Å². The van der Waals surface area contributed by atoms with E-state index in [0.717, 1.165) is 0 Å². The Hall–Kier alpha value is -1.11. The largest absolute Gasteiger partial charge is 0.476 e. The Kier molecular flexibility index (Phi) is 3.10. The van der Waals surface area contributed by atoms with Crippen molar-refractivity contribution in [1.29, 1.82) is 0 Å². The lowest BCUT2D eigenvalue weighted by Gasteiger charge is -2.04. The van der Waals surface area contributed by atoms with Gasteiger partial charge < -0.3 is 5.11 Å². The molecular weight excluding hydrogens is 267 g/mol. The topological polar surface area (TPSA) is 50.2 Å². The Balaban J connectivity index is 3.31. The first kappa shape index (κ1) is 11.0. The summed E-state index contributed by atoms with van der Waals surface area (Å²) in [5.74, 6) is -2.89. The molecule has 0 aliphatic rings. The van der Waals surface area contributed by atoms with Gasteiger partial charge in [-0.05, 0) is 22.0 Å². The monoisotopic (exact) mass is 269 g/mol. The van der Waals surface area contributed by atoms with Crippen LogP contribution in [0.15, 0.2) is 10.7 Å². The Morgan fingerprint density at radius 1 is 1.57 bits per heavy atom. The number of aromatic nitrogens is 1. The van der Waals surface area contributed by atoms with Gasteiger partial charge in [0.1, 0.15) is 4.60 Å². The summed E-state index contributed by atoms with van der Waals surface area (Å²) in [6.07, 6.45) is -2.91. The van der Waals surface area contributed by atoms with Crippen molar-refractivity contribution in [2.75, 3.05) is 0 Å². The summed E-state index contributed by atoms with van der Waals surface area (Å²) in [4.78, 5) is 13.5. The number of hydrogen-bond acceptors (Lipinski definition) is 2. The predicted molar refractivity (Wildman–Crippen MR) is 43.8 cm³/mol. The van der Waals surface area contributed by atoms with Gasteiger partial charge in [0.25, 0.3) is 6.43 Å². The van der Waals surface area contributed by atoms with E-state index < -0.39 is 29.5 Å². The zero-order chi connectivity index (χ0) is 10.9. The molecule has 0 fully saturated rings. The summed E-state index contributed by atoms with van der Waals surface area (Å²) in [5, 5.41) is 8.41. The number of rotatable bonds is 2. The molecule has 1 rings (SSSR count). The number of carboxylic acids is 1. The van der Waals surface area contributed by atoms with Gasteiger partial charge in [-0.3, -0.25) is 0 Å². The maximum Gasteiger partial charge on any atom is 0.357 e. The normalized spacial score (nSPS) is 10.6. The van der Waals surface area contributed by atoms with Gasteiger partial charge in [0.15, 0.2) is 11.5 Å². The van der Waals surface area contributed by atoms with Gasteiger partial charge in [0, 0.05) is 0 Å². The lowest BCUT2D eigenvalue weighted by atomic mass is 10.2. The molecule has 1 aromatic rings. The SMILES string of the molecule is O=C(O)c1nc(Br)c(C(F)F)cc1F. The molecular formula is C7H3BrF3NO2. The van der Waals surface area contributed by atoms with Crippen LogP contribution >= 0.6 is 15.9 Å². The van der Waals surface area contributed by atoms with Crippen LogP contribution in [0.3, 0.4) is 0 Å². The molecule has 0 aliphatic carbocycles. The first-order valence-electron chi connectivity index (χ1n) is 3.31. The number of pyridine rings is 1. The fourth-order valence-electron chi connectivity index (χ4n) is 0.784. The third-order valence-electron chi connectivity index (χ3n) is 1.39. The Labute approximate surface area is 84.7 Å². The van der Waals surface area contributed by atoms with E-state index in [1.807, 2.05) is 0 Å². The summed E-state index contributed by atoms with van der Waals surface area (Å²) in [5.41, 5.74) is -1.56. The van der Waals surface area contributed by atoms with Crippen molar-refractivity contribution in [2.45, 2.75) is 6.43 Å². The Morgan fingerprint density at radius 3 is 2.57 bits per heavy atom. The van der Waals surface area contributed by atoms with Crippen LogP contribution in [0, 0.1) is 5.82 Å². The molecule has 1 aromatic heterocycles. The van der Waals surface area contributed by atoms with E-state index in [1.165, 1.54) is 0 Å². The van der Waals surface area contributed by atoms with Gasteiger partial charge in [-0.25, -0.2) is 22.9 Å². The van der Waals surface area contributed by atoms with Crippen molar-refractivity contribution in [2.24, 2.45) is 0 Å². The fraction of sp³-hybridized carbons (Fsp3) is 0.143. The number of halogens is 4. The molecule has 0 radical (unpaired) electrons. The van der Waals surface area contributed by atoms with Crippen molar-refractivity contribution in [3.8, 4) is 0 Å². The molecule has 0 atom stereocenters. The van der Waals surface area contributed by atoms with Gasteiger partial charge in [-0.15, -0.1) is 0 Å². The molecule has 14 heavy (non-hydrogen) atoms. The molecule has 0 bridgehead atoms. The third kappa shape index (κ3) is 2.03. The smallest absolute Gasteiger partial charge is 0.357 e. The van der Waals surface area contributed by atoms with E-state index in [0.29, 0.717) is 6.07 Å². The third-order valence-corrected chi connectivity index (χ3v) is 2.03. The van der Waals surface area contributed by atoms with E-state index in [1.54, 1.807) is 0 Å². The minimum Gasteiger partial charge on any atom is -0.476 e.